The summed E-state index contributed by atoms with van der Waals surface area (Å²) in [6.07, 6.45) is 9.90. The van der Waals surface area contributed by atoms with Crippen molar-refractivity contribution in [1.29, 1.82) is 0 Å². The summed E-state index contributed by atoms with van der Waals surface area (Å²) in [6.45, 7) is 2.26. The molecule has 1 atom stereocenters. The predicted octanol–water partition coefficient (Wildman–Crippen LogP) is 3.61. The van der Waals surface area contributed by atoms with Gasteiger partial charge in [-0.2, -0.15) is 8.42 Å². The summed E-state index contributed by atoms with van der Waals surface area (Å²) in [7, 11) is -3.69. The maximum absolute atomic E-state index is 12.0. The lowest BCUT2D eigenvalue weighted by molar-refractivity contribution is 0.0298. The molecule has 0 saturated heterocycles. The van der Waals surface area contributed by atoms with Crippen molar-refractivity contribution in [2.45, 2.75) is 50.0 Å². The van der Waals surface area contributed by atoms with Gasteiger partial charge in [0.1, 0.15) is 0 Å². The fourth-order valence-corrected chi connectivity index (χ4v) is 3.29. The molecule has 4 nitrogen and oxygen atoms in total. The Bertz CT molecular complexity index is 575. The highest BCUT2D eigenvalue weighted by Gasteiger charge is 2.15. The minimum absolute atomic E-state index is 0.0520. The third-order valence-electron chi connectivity index (χ3n) is 3.70. The molecule has 2 rings (SSSR count). The van der Waals surface area contributed by atoms with Crippen LogP contribution in [0.1, 0.15) is 37.7 Å². The second-order valence-electron chi connectivity index (χ2n) is 5.57. The van der Waals surface area contributed by atoms with Gasteiger partial charge in [0, 0.05) is 0 Å². The molecule has 1 aromatic rings. The Morgan fingerprint density at radius 1 is 1.09 bits per heavy atom. The highest BCUT2D eigenvalue weighted by atomic mass is 32.2. The lowest BCUT2D eigenvalue weighted by atomic mass is 10.0. The number of hydrogen-bond acceptors (Lipinski definition) is 4. The molecule has 0 bridgehead atoms. The molecular formula is C17H24O4S. The van der Waals surface area contributed by atoms with Gasteiger partial charge in [-0.1, -0.05) is 36.3 Å². The second-order valence-corrected chi connectivity index (χ2v) is 7.19. The summed E-state index contributed by atoms with van der Waals surface area (Å²) < 4.78 is 34.8. The maximum Gasteiger partial charge on any atom is 0.297 e. The average molecular weight is 324 g/mol. The fourth-order valence-electron chi connectivity index (χ4n) is 2.40. The van der Waals surface area contributed by atoms with Crippen molar-refractivity contribution in [3.63, 3.8) is 0 Å². The van der Waals surface area contributed by atoms with Gasteiger partial charge < -0.3 is 4.74 Å². The molecule has 0 heterocycles. The Hall–Kier alpha value is -1.17. The van der Waals surface area contributed by atoms with Gasteiger partial charge in [0.05, 0.1) is 24.2 Å². The minimum Gasteiger partial charge on any atom is -0.375 e. The molecule has 1 aromatic carbocycles. The predicted molar refractivity (Wildman–Crippen MR) is 86.3 cm³/mol. The van der Waals surface area contributed by atoms with Gasteiger partial charge >= 0.3 is 0 Å². The first-order valence-corrected chi connectivity index (χ1v) is 9.21. The Morgan fingerprint density at radius 2 is 1.86 bits per heavy atom. The molecular weight excluding hydrogens is 300 g/mol. The molecule has 1 aliphatic carbocycles. The summed E-state index contributed by atoms with van der Waals surface area (Å²) in [5, 5.41) is 0. The molecule has 1 aliphatic rings. The van der Waals surface area contributed by atoms with Crippen molar-refractivity contribution in [2.75, 3.05) is 13.2 Å². The number of ether oxygens (including phenoxy) is 1. The average Bonchev–Trinajstić information content (AvgIpc) is 2.45. The van der Waals surface area contributed by atoms with Gasteiger partial charge in [0.25, 0.3) is 10.1 Å². The summed E-state index contributed by atoms with van der Waals surface area (Å²) in [5.74, 6) is 0. The molecule has 0 N–H and O–H groups in total. The normalized spacial score (nSPS) is 21.0. The van der Waals surface area contributed by atoms with Gasteiger partial charge in [0.15, 0.2) is 0 Å². The smallest absolute Gasteiger partial charge is 0.297 e. The fraction of sp³-hybridized carbons (Fsp3) is 0.529. The molecule has 5 heteroatoms. The Morgan fingerprint density at radius 3 is 2.64 bits per heavy atom. The van der Waals surface area contributed by atoms with Gasteiger partial charge in [-0.15, -0.1) is 0 Å². The molecule has 0 amide bonds. The van der Waals surface area contributed by atoms with E-state index < -0.39 is 10.1 Å². The van der Waals surface area contributed by atoms with E-state index >= 15 is 0 Å². The number of hydrogen-bond donors (Lipinski definition) is 0. The number of aryl methyl sites for hydroxylation is 1. The molecule has 0 saturated carbocycles. The maximum atomic E-state index is 12.0. The monoisotopic (exact) mass is 324 g/mol. The first kappa shape index (κ1) is 17.2. The zero-order valence-electron chi connectivity index (χ0n) is 13.0. The first-order valence-electron chi connectivity index (χ1n) is 7.80. The molecule has 0 spiro atoms. The van der Waals surface area contributed by atoms with E-state index in [2.05, 4.69) is 12.2 Å². The van der Waals surface area contributed by atoms with Crippen LogP contribution in [0.15, 0.2) is 41.3 Å². The number of allylic oxidation sites excluding steroid dienone is 1. The van der Waals surface area contributed by atoms with Crippen LogP contribution in [-0.2, 0) is 19.0 Å². The molecule has 0 radical (unpaired) electrons. The minimum atomic E-state index is -3.69. The van der Waals surface area contributed by atoms with Crippen LogP contribution in [0.3, 0.4) is 0 Å². The van der Waals surface area contributed by atoms with Crippen molar-refractivity contribution in [3.8, 4) is 0 Å². The number of benzene rings is 1. The van der Waals surface area contributed by atoms with Crippen LogP contribution in [0.5, 0.6) is 0 Å². The SMILES string of the molecule is Cc1ccc(S(=O)(=O)OCCOC2C/C=C\CCCC2)cc1. The van der Waals surface area contributed by atoms with E-state index in [1.807, 2.05) is 6.92 Å². The molecule has 0 aliphatic heterocycles. The van der Waals surface area contributed by atoms with Crippen molar-refractivity contribution >= 4 is 10.1 Å². The van der Waals surface area contributed by atoms with Crippen LogP contribution < -0.4 is 0 Å². The highest BCUT2D eigenvalue weighted by molar-refractivity contribution is 7.86. The van der Waals surface area contributed by atoms with Crippen LogP contribution in [0, 0.1) is 6.92 Å². The van der Waals surface area contributed by atoms with Crippen molar-refractivity contribution in [2.24, 2.45) is 0 Å². The largest absolute Gasteiger partial charge is 0.375 e. The Balaban J connectivity index is 1.76. The zero-order valence-corrected chi connectivity index (χ0v) is 13.8. The highest BCUT2D eigenvalue weighted by Crippen LogP contribution is 2.16. The molecule has 0 fully saturated rings. The van der Waals surface area contributed by atoms with Crippen LogP contribution in [0.2, 0.25) is 0 Å². The first-order chi connectivity index (χ1) is 10.6. The van der Waals surface area contributed by atoms with E-state index in [9.17, 15) is 8.42 Å². The van der Waals surface area contributed by atoms with Crippen molar-refractivity contribution in [3.05, 3.63) is 42.0 Å². The van der Waals surface area contributed by atoms with E-state index in [4.69, 9.17) is 8.92 Å². The van der Waals surface area contributed by atoms with E-state index in [0.29, 0.717) is 6.61 Å². The van der Waals surface area contributed by atoms with Crippen LogP contribution in [0.25, 0.3) is 0 Å². The number of rotatable bonds is 6. The van der Waals surface area contributed by atoms with Crippen molar-refractivity contribution < 1.29 is 17.3 Å². The molecule has 1 unspecified atom stereocenters. The van der Waals surface area contributed by atoms with Gasteiger partial charge in [-0.3, -0.25) is 4.18 Å². The quantitative estimate of drug-likeness (QED) is 0.456. The van der Waals surface area contributed by atoms with Crippen molar-refractivity contribution in [1.82, 2.24) is 0 Å². The summed E-state index contributed by atoms with van der Waals surface area (Å²) in [5.41, 5.74) is 1.01. The third-order valence-corrected chi connectivity index (χ3v) is 5.02. The Kier molecular flexibility index (Phi) is 6.61. The van der Waals surface area contributed by atoms with Crippen LogP contribution in [-0.4, -0.2) is 27.7 Å². The molecule has 0 aromatic heterocycles. The summed E-state index contributed by atoms with van der Waals surface area (Å²) in [6, 6.07) is 6.64. The summed E-state index contributed by atoms with van der Waals surface area (Å²) >= 11 is 0. The standard InChI is InChI=1S/C17H24O4S/c1-15-9-11-17(12-10-15)22(18,19)21-14-13-20-16-7-5-3-2-4-6-8-16/h3,5,9-12,16H,2,4,6-8,13-14H2,1H3/b5-3-. The van der Waals surface area contributed by atoms with Crippen LogP contribution in [0.4, 0.5) is 0 Å². The van der Waals surface area contributed by atoms with Gasteiger partial charge in [0.2, 0.25) is 0 Å². The molecule has 22 heavy (non-hydrogen) atoms. The molecule has 122 valence electrons. The lowest BCUT2D eigenvalue weighted by Crippen LogP contribution is -2.18. The van der Waals surface area contributed by atoms with E-state index in [1.165, 1.54) is 6.42 Å². The van der Waals surface area contributed by atoms with E-state index in [0.717, 1.165) is 31.2 Å². The van der Waals surface area contributed by atoms with Gasteiger partial charge in [-0.25, -0.2) is 0 Å². The third kappa shape index (κ3) is 5.55. The van der Waals surface area contributed by atoms with E-state index in [1.54, 1.807) is 24.3 Å². The summed E-state index contributed by atoms with van der Waals surface area (Å²) in [4.78, 5) is 0.187. The zero-order chi connectivity index (χ0) is 15.8. The topological polar surface area (TPSA) is 52.6 Å². The van der Waals surface area contributed by atoms with Gasteiger partial charge in [-0.05, 0) is 44.7 Å². The Labute approximate surface area is 133 Å². The van der Waals surface area contributed by atoms with Crippen LogP contribution >= 0.6 is 0 Å². The lowest BCUT2D eigenvalue weighted by Gasteiger charge is -2.17. The van der Waals surface area contributed by atoms with E-state index in [-0.39, 0.29) is 17.6 Å². The second kappa shape index (κ2) is 8.46.